The molecule has 0 spiro atoms. The van der Waals surface area contributed by atoms with Crippen LogP contribution in [0.3, 0.4) is 0 Å². The van der Waals surface area contributed by atoms with Crippen LogP contribution < -0.4 is 4.74 Å². The van der Waals surface area contributed by atoms with E-state index in [4.69, 9.17) is 9.15 Å². The molecule has 0 aliphatic carbocycles. The van der Waals surface area contributed by atoms with Crippen molar-refractivity contribution in [2.45, 2.75) is 49.6 Å². The molecule has 0 bridgehead atoms. The zero-order valence-corrected chi connectivity index (χ0v) is 21.6. The Hall–Kier alpha value is -3.50. The highest BCUT2D eigenvalue weighted by molar-refractivity contribution is 7.82. The summed E-state index contributed by atoms with van der Waals surface area (Å²) in [5.41, 5.74) is 1.07. The van der Waals surface area contributed by atoms with E-state index in [0.29, 0.717) is 41.7 Å². The summed E-state index contributed by atoms with van der Waals surface area (Å²) in [4.78, 5) is 13.1. The van der Waals surface area contributed by atoms with Crippen molar-refractivity contribution in [3.8, 4) is 5.75 Å². The summed E-state index contributed by atoms with van der Waals surface area (Å²) in [5, 5.41) is 0.829. The summed E-state index contributed by atoms with van der Waals surface area (Å²) in [6, 6.07) is 17.2. The van der Waals surface area contributed by atoms with E-state index in [1.165, 1.54) is 24.3 Å². The number of fused-ring (bicyclic) bond motifs is 1. The van der Waals surface area contributed by atoms with Crippen LogP contribution >= 0.6 is 0 Å². The minimum Gasteiger partial charge on any atom is -0.489 e. The van der Waals surface area contributed by atoms with Crippen molar-refractivity contribution in [1.29, 1.82) is 0 Å². The summed E-state index contributed by atoms with van der Waals surface area (Å²) in [6.07, 6.45) is -2.37. The van der Waals surface area contributed by atoms with Gasteiger partial charge in [-0.25, -0.2) is 12.9 Å². The van der Waals surface area contributed by atoms with Gasteiger partial charge >= 0.3 is 6.18 Å². The smallest absolute Gasteiger partial charge is 0.416 e. The van der Waals surface area contributed by atoms with Crippen molar-refractivity contribution in [3.63, 3.8) is 0 Å². The van der Waals surface area contributed by atoms with Gasteiger partial charge in [-0.1, -0.05) is 24.3 Å². The normalized spacial score (nSPS) is 17.0. The summed E-state index contributed by atoms with van der Waals surface area (Å²) >= 11 is 0. The zero-order chi connectivity index (χ0) is 27.6. The molecule has 5 nitrogen and oxygen atoms in total. The van der Waals surface area contributed by atoms with Crippen LogP contribution in [0.15, 0.2) is 82.3 Å². The Morgan fingerprint density at radius 2 is 1.82 bits per heavy atom. The van der Waals surface area contributed by atoms with Gasteiger partial charge in [-0.2, -0.15) is 13.2 Å². The van der Waals surface area contributed by atoms with Crippen LogP contribution in [0.25, 0.3) is 11.0 Å². The number of alkyl halides is 3. The molecule has 5 rings (SSSR count). The first-order valence-electron chi connectivity index (χ1n) is 12.5. The molecule has 39 heavy (non-hydrogen) atoms. The molecular weight excluding hydrogens is 534 g/mol. The maximum absolute atomic E-state index is 13.5. The lowest BCUT2D eigenvalue weighted by Gasteiger charge is -2.21. The average Bonchev–Trinajstić information content (AvgIpc) is 3.57. The number of ether oxygens (including phenoxy) is 1. The summed E-state index contributed by atoms with van der Waals surface area (Å²) < 4.78 is 78.0. The molecule has 3 aromatic carbocycles. The molecule has 10 heteroatoms. The first kappa shape index (κ1) is 27.1. The molecule has 0 saturated carbocycles. The third-order valence-electron chi connectivity index (χ3n) is 6.67. The number of benzene rings is 3. The number of hydrogen-bond donors (Lipinski definition) is 0. The van der Waals surface area contributed by atoms with Gasteiger partial charge in [0.05, 0.1) is 11.6 Å². The van der Waals surface area contributed by atoms with E-state index < -0.39 is 34.6 Å². The van der Waals surface area contributed by atoms with Crippen molar-refractivity contribution in [1.82, 2.24) is 4.31 Å². The van der Waals surface area contributed by atoms with Crippen LogP contribution in [-0.4, -0.2) is 26.9 Å². The molecule has 1 fully saturated rings. The number of carbonyl (C=O) groups excluding carboxylic acids is 1. The van der Waals surface area contributed by atoms with Crippen molar-refractivity contribution < 1.29 is 35.7 Å². The monoisotopic (exact) mass is 559 g/mol. The lowest BCUT2D eigenvalue weighted by Crippen LogP contribution is -2.37. The second kappa shape index (κ2) is 11.3. The van der Waals surface area contributed by atoms with E-state index in [1.54, 1.807) is 34.6 Å². The fourth-order valence-electron chi connectivity index (χ4n) is 4.62. The SMILES string of the molecule is O=C(CCc1cccc(OCc2ccc(C(F)(F)F)cc2)c1)[C@@H]1CCCN1S(=O)c1cc2ccc(F)cc2o1. The number of ketones is 1. The third kappa shape index (κ3) is 6.39. The van der Waals surface area contributed by atoms with Crippen molar-refractivity contribution in [3.05, 3.63) is 95.3 Å². The van der Waals surface area contributed by atoms with Gasteiger partial charge in [0.2, 0.25) is 5.09 Å². The van der Waals surface area contributed by atoms with Gasteiger partial charge in [-0.15, -0.1) is 0 Å². The Bertz CT molecular complexity index is 1500. The summed E-state index contributed by atoms with van der Waals surface area (Å²) in [7, 11) is -1.69. The zero-order valence-electron chi connectivity index (χ0n) is 20.7. The lowest BCUT2D eigenvalue weighted by atomic mass is 10.0. The number of nitrogens with zero attached hydrogens (tertiary/aromatic N) is 1. The van der Waals surface area contributed by atoms with Crippen molar-refractivity contribution in [2.75, 3.05) is 6.54 Å². The van der Waals surface area contributed by atoms with Crippen molar-refractivity contribution in [2.24, 2.45) is 0 Å². The molecule has 2 atom stereocenters. The number of hydrogen-bond acceptors (Lipinski definition) is 4. The fraction of sp³-hybridized carbons (Fsp3) is 0.276. The van der Waals surface area contributed by atoms with E-state index in [-0.39, 0.29) is 23.9 Å². The Morgan fingerprint density at radius 3 is 2.59 bits per heavy atom. The van der Waals surface area contributed by atoms with Gasteiger partial charge in [0.15, 0.2) is 16.8 Å². The second-order valence-electron chi connectivity index (χ2n) is 9.39. The topological polar surface area (TPSA) is 59.8 Å². The molecule has 0 N–H and O–H groups in total. The largest absolute Gasteiger partial charge is 0.489 e. The maximum atomic E-state index is 13.5. The summed E-state index contributed by atoms with van der Waals surface area (Å²) in [5.74, 6) is 0.0707. The van der Waals surface area contributed by atoms with Gasteiger partial charge in [0.25, 0.3) is 0 Å². The quantitative estimate of drug-likeness (QED) is 0.210. The van der Waals surface area contributed by atoms with Gasteiger partial charge in [-0.3, -0.25) is 4.79 Å². The predicted molar refractivity (Wildman–Crippen MR) is 138 cm³/mol. The molecule has 204 valence electrons. The predicted octanol–water partition coefficient (Wildman–Crippen LogP) is 6.86. The average molecular weight is 560 g/mol. The minimum absolute atomic E-state index is 0.0286. The van der Waals surface area contributed by atoms with E-state index in [0.717, 1.165) is 24.1 Å². The molecule has 1 aliphatic rings. The highest BCUT2D eigenvalue weighted by Crippen LogP contribution is 2.30. The number of carbonyl (C=O) groups is 1. The molecule has 2 heterocycles. The van der Waals surface area contributed by atoms with E-state index in [1.807, 2.05) is 6.07 Å². The Balaban J connectivity index is 1.17. The van der Waals surface area contributed by atoms with Gasteiger partial charge in [0.1, 0.15) is 23.8 Å². The molecular formula is C29H25F4NO4S. The van der Waals surface area contributed by atoms with E-state index in [2.05, 4.69) is 0 Å². The molecule has 4 aromatic rings. The van der Waals surface area contributed by atoms with Crippen molar-refractivity contribution >= 4 is 27.7 Å². The highest BCUT2D eigenvalue weighted by atomic mass is 32.2. The molecule has 1 unspecified atom stereocenters. The van der Waals surface area contributed by atoms with Crippen LogP contribution in [0, 0.1) is 5.82 Å². The Kier molecular flexibility index (Phi) is 7.86. The maximum Gasteiger partial charge on any atom is 0.416 e. The minimum atomic E-state index is -4.39. The van der Waals surface area contributed by atoms with Crippen LogP contribution in [0.5, 0.6) is 5.75 Å². The molecule has 1 saturated heterocycles. The standard InChI is InChI=1S/C29H25F4NO4S/c30-23-12-9-21-16-28(38-27(21)17-23)39(36)34-14-2-5-25(34)26(35)13-8-19-3-1-4-24(15-19)37-18-20-6-10-22(11-7-20)29(31,32)33/h1,3-4,6-7,9-12,15-17,25H,2,5,8,13-14,18H2/t25-,39?/m0/s1. The molecule has 0 radical (unpaired) electrons. The third-order valence-corrected chi connectivity index (χ3v) is 8.07. The van der Waals surface area contributed by atoms with Crippen LogP contribution in [0.4, 0.5) is 17.6 Å². The van der Waals surface area contributed by atoms with E-state index in [9.17, 15) is 26.6 Å². The van der Waals surface area contributed by atoms with E-state index >= 15 is 0 Å². The van der Waals surface area contributed by atoms with Gasteiger partial charge < -0.3 is 9.15 Å². The number of rotatable bonds is 9. The number of furan rings is 1. The summed E-state index contributed by atoms with van der Waals surface area (Å²) in [6.45, 7) is 0.597. The lowest BCUT2D eigenvalue weighted by molar-refractivity contribution is -0.137. The second-order valence-corrected chi connectivity index (χ2v) is 10.8. The number of Topliss-reactive ketones (excluding diaryl/α,β-unsaturated/α-hetero) is 1. The van der Waals surface area contributed by atoms with Gasteiger partial charge in [0, 0.05) is 30.5 Å². The highest BCUT2D eigenvalue weighted by Gasteiger charge is 2.35. The molecule has 0 amide bonds. The Morgan fingerprint density at radius 1 is 1.03 bits per heavy atom. The fourth-order valence-corrected chi connectivity index (χ4v) is 5.99. The Labute approximate surface area is 225 Å². The van der Waals surface area contributed by atoms with Crippen LogP contribution in [-0.2, 0) is 35.0 Å². The number of aryl methyl sites for hydroxylation is 1. The molecule has 1 aliphatic heterocycles. The first-order chi connectivity index (χ1) is 18.7. The van der Waals surface area contributed by atoms with Crippen LogP contribution in [0.2, 0.25) is 0 Å². The number of halogens is 4. The van der Waals surface area contributed by atoms with Crippen LogP contribution in [0.1, 0.15) is 36.0 Å². The first-order valence-corrected chi connectivity index (χ1v) is 13.6. The van der Waals surface area contributed by atoms with Gasteiger partial charge in [-0.05, 0) is 66.8 Å². The molecule has 1 aromatic heterocycles.